The molecular formula is C15H24BrN3O2. The van der Waals surface area contributed by atoms with E-state index < -0.39 is 0 Å². The number of halogens is 1. The van der Waals surface area contributed by atoms with E-state index in [9.17, 15) is 4.79 Å². The molecule has 2 rings (SSSR count). The van der Waals surface area contributed by atoms with E-state index in [0.29, 0.717) is 16.9 Å². The van der Waals surface area contributed by atoms with Gasteiger partial charge in [0.15, 0.2) is 0 Å². The molecule has 118 valence electrons. The number of hydrogen-bond donors (Lipinski definition) is 1. The summed E-state index contributed by atoms with van der Waals surface area (Å²) in [6, 6.07) is 0. The first kappa shape index (κ1) is 16.5. The van der Waals surface area contributed by atoms with Gasteiger partial charge < -0.3 is 10.1 Å². The summed E-state index contributed by atoms with van der Waals surface area (Å²) < 4.78 is 7.48. The van der Waals surface area contributed by atoms with Gasteiger partial charge in [-0.15, -0.1) is 0 Å². The first-order chi connectivity index (χ1) is 9.91. The zero-order chi connectivity index (χ0) is 15.5. The quantitative estimate of drug-likeness (QED) is 0.880. The van der Waals surface area contributed by atoms with Gasteiger partial charge in [-0.2, -0.15) is 5.10 Å². The molecule has 0 spiro atoms. The van der Waals surface area contributed by atoms with Gasteiger partial charge >= 0.3 is 0 Å². The van der Waals surface area contributed by atoms with E-state index in [4.69, 9.17) is 4.74 Å². The van der Waals surface area contributed by atoms with E-state index in [1.165, 1.54) is 4.68 Å². The average molecular weight is 358 g/mol. The van der Waals surface area contributed by atoms with Crippen molar-refractivity contribution in [3.63, 3.8) is 0 Å². The molecule has 1 aliphatic rings. The van der Waals surface area contributed by atoms with Gasteiger partial charge in [-0.05, 0) is 40.1 Å². The second-order valence-corrected chi connectivity index (χ2v) is 7.32. The highest BCUT2D eigenvalue weighted by Gasteiger charge is 2.27. The Morgan fingerprint density at radius 3 is 2.76 bits per heavy atom. The molecule has 0 saturated carbocycles. The SMILES string of the molecule is CC(C)Cn1ncc(NCC2(C)CCOCC2)c(Br)c1=O. The van der Waals surface area contributed by atoms with Crippen LogP contribution in [-0.2, 0) is 11.3 Å². The van der Waals surface area contributed by atoms with Crippen molar-refractivity contribution >= 4 is 21.6 Å². The van der Waals surface area contributed by atoms with E-state index in [0.717, 1.165) is 38.3 Å². The van der Waals surface area contributed by atoms with Crippen LogP contribution in [0.4, 0.5) is 5.69 Å². The van der Waals surface area contributed by atoms with Crippen molar-refractivity contribution in [3.8, 4) is 0 Å². The highest BCUT2D eigenvalue weighted by molar-refractivity contribution is 9.10. The molecule has 1 fully saturated rings. The monoisotopic (exact) mass is 357 g/mol. The number of nitrogens with one attached hydrogen (secondary N) is 1. The van der Waals surface area contributed by atoms with Gasteiger partial charge in [-0.3, -0.25) is 4.79 Å². The number of rotatable bonds is 5. The fraction of sp³-hybridized carbons (Fsp3) is 0.733. The standard InChI is InChI=1S/C15H24BrN3O2/c1-11(2)9-19-14(20)13(16)12(8-18-19)17-10-15(3)4-6-21-7-5-15/h8,11,17H,4-7,9-10H2,1-3H3. The molecule has 2 heterocycles. The molecule has 1 N–H and O–H groups in total. The minimum absolute atomic E-state index is 0.0779. The van der Waals surface area contributed by atoms with Gasteiger partial charge in [0.05, 0.1) is 11.9 Å². The lowest BCUT2D eigenvalue weighted by Gasteiger charge is -2.34. The van der Waals surface area contributed by atoms with Crippen LogP contribution in [0, 0.1) is 11.3 Å². The van der Waals surface area contributed by atoms with Crippen LogP contribution in [0.2, 0.25) is 0 Å². The first-order valence-corrected chi connectivity index (χ1v) is 8.28. The molecule has 0 aromatic carbocycles. The zero-order valence-corrected chi connectivity index (χ0v) is 14.6. The van der Waals surface area contributed by atoms with Crippen LogP contribution in [0.15, 0.2) is 15.5 Å². The Balaban J connectivity index is 2.07. The fourth-order valence-corrected chi connectivity index (χ4v) is 2.86. The molecule has 0 radical (unpaired) electrons. The Hall–Kier alpha value is -0.880. The summed E-state index contributed by atoms with van der Waals surface area (Å²) in [5.74, 6) is 0.391. The van der Waals surface area contributed by atoms with Crippen molar-refractivity contribution < 1.29 is 4.74 Å². The number of aromatic nitrogens is 2. The van der Waals surface area contributed by atoms with E-state index in [2.05, 4.69) is 47.1 Å². The first-order valence-electron chi connectivity index (χ1n) is 7.48. The minimum atomic E-state index is -0.0779. The normalized spacial score (nSPS) is 18.0. The van der Waals surface area contributed by atoms with Crippen LogP contribution >= 0.6 is 15.9 Å². The Bertz CT molecular complexity index is 536. The van der Waals surface area contributed by atoms with Crippen molar-refractivity contribution in [1.82, 2.24) is 9.78 Å². The van der Waals surface area contributed by atoms with Gasteiger partial charge in [-0.1, -0.05) is 20.8 Å². The number of ether oxygens (including phenoxy) is 1. The van der Waals surface area contributed by atoms with Crippen molar-refractivity contribution in [2.24, 2.45) is 11.3 Å². The summed E-state index contributed by atoms with van der Waals surface area (Å²) in [5, 5.41) is 7.62. The molecular weight excluding hydrogens is 334 g/mol. The molecule has 0 bridgehead atoms. The van der Waals surface area contributed by atoms with Crippen molar-refractivity contribution in [3.05, 3.63) is 21.0 Å². The van der Waals surface area contributed by atoms with E-state index in [-0.39, 0.29) is 11.0 Å². The third kappa shape index (κ3) is 4.30. The van der Waals surface area contributed by atoms with Crippen LogP contribution in [0.1, 0.15) is 33.6 Å². The molecule has 0 unspecified atom stereocenters. The van der Waals surface area contributed by atoms with Crippen LogP contribution in [0.5, 0.6) is 0 Å². The molecule has 0 aliphatic carbocycles. The maximum atomic E-state index is 12.2. The Morgan fingerprint density at radius 1 is 1.48 bits per heavy atom. The van der Waals surface area contributed by atoms with E-state index in [1.54, 1.807) is 6.20 Å². The average Bonchev–Trinajstić information content (AvgIpc) is 2.43. The van der Waals surface area contributed by atoms with Crippen LogP contribution < -0.4 is 10.9 Å². The second kappa shape index (κ2) is 6.92. The zero-order valence-electron chi connectivity index (χ0n) is 13.0. The summed E-state index contributed by atoms with van der Waals surface area (Å²) in [4.78, 5) is 12.2. The smallest absolute Gasteiger partial charge is 0.283 e. The maximum absolute atomic E-state index is 12.2. The molecule has 6 heteroatoms. The maximum Gasteiger partial charge on any atom is 0.283 e. The summed E-state index contributed by atoms with van der Waals surface area (Å²) in [6.07, 6.45) is 3.81. The van der Waals surface area contributed by atoms with E-state index in [1.807, 2.05) is 0 Å². The second-order valence-electron chi connectivity index (χ2n) is 6.53. The molecule has 0 atom stereocenters. The van der Waals surface area contributed by atoms with Gasteiger partial charge in [0, 0.05) is 26.3 Å². The minimum Gasteiger partial charge on any atom is -0.382 e. The predicted octanol–water partition coefficient (Wildman–Crippen LogP) is 2.89. The number of hydrogen-bond acceptors (Lipinski definition) is 4. The fourth-order valence-electron chi connectivity index (χ4n) is 2.41. The lowest BCUT2D eigenvalue weighted by Crippen LogP contribution is -2.34. The largest absolute Gasteiger partial charge is 0.382 e. The summed E-state index contributed by atoms with van der Waals surface area (Å²) >= 11 is 3.40. The topological polar surface area (TPSA) is 56.1 Å². The molecule has 21 heavy (non-hydrogen) atoms. The molecule has 1 saturated heterocycles. The van der Waals surface area contributed by atoms with Gasteiger partial charge in [0.25, 0.3) is 5.56 Å². The van der Waals surface area contributed by atoms with E-state index >= 15 is 0 Å². The Labute approximate surface area is 134 Å². The van der Waals surface area contributed by atoms with Crippen molar-refractivity contribution in [2.75, 3.05) is 25.1 Å². The van der Waals surface area contributed by atoms with Crippen molar-refractivity contribution in [2.45, 2.75) is 40.2 Å². The third-order valence-electron chi connectivity index (χ3n) is 3.93. The number of nitrogens with zero attached hydrogens (tertiary/aromatic N) is 2. The lowest BCUT2D eigenvalue weighted by atomic mass is 9.82. The molecule has 0 amide bonds. The Kier molecular flexibility index (Phi) is 5.43. The van der Waals surface area contributed by atoms with Crippen LogP contribution in [0.3, 0.4) is 0 Å². The third-order valence-corrected chi connectivity index (χ3v) is 4.69. The van der Waals surface area contributed by atoms with Crippen molar-refractivity contribution in [1.29, 1.82) is 0 Å². The van der Waals surface area contributed by atoms with Gasteiger partial charge in [0.2, 0.25) is 0 Å². The summed E-state index contributed by atoms with van der Waals surface area (Å²) in [5.41, 5.74) is 0.906. The summed E-state index contributed by atoms with van der Waals surface area (Å²) in [7, 11) is 0. The highest BCUT2D eigenvalue weighted by Crippen LogP contribution is 2.30. The van der Waals surface area contributed by atoms with Crippen LogP contribution in [0.25, 0.3) is 0 Å². The summed E-state index contributed by atoms with van der Waals surface area (Å²) in [6.45, 7) is 9.47. The lowest BCUT2D eigenvalue weighted by molar-refractivity contribution is 0.0300. The predicted molar refractivity (Wildman–Crippen MR) is 87.7 cm³/mol. The van der Waals surface area contributed by atoms with Crippen LogP contribution in [-0.4, -0.2) is 29.5 Å². The Morgan fingerprint density at radius 2 is 2.14 bits per heavy atom. The molecule has 1 aromatic rings. The highest BCUT2D eigenvalue weighted by atomic mass is 79.9. The molecule has 1 aromatic heterocycles. The molecule has 1 aliphatic heterocycles. The van der Waals surface area contributed by atoms with Gasteiger partial charge in [0.1, 0.15) is 4.47 Å². The number of anilines is 1. The van der Waals surface area contributed by atoms with Gasteiger partial charge in [-0.25, -0.2) is 4.68 Å². The molecule has 5 nitrogen and oxygen atoms in total.